The van der Waals surface area contributed by atoms with Crippen molar-refractivity contribution in [1.29, 1.82) is 0 Å². The zero-order valence-electron chi connectivity index (χ0n) is 13.5. The first-order valence-corrected chi connectivity index (χ1v) is 9.62. The van der Waals surface area contributed by atoms with Crippen molar-refractivity contribution >= 4 is 38.4 Å². The second kappa shape index (κ2) is 7.09. The van der Waals surface area contributed by atoms with Crippen molar-refractivity contribution in [3.8, 4) is 0 Å². The van der Waals surface area contributed by atoms with Crippen LogP contribution >= 0.6 is 11.3 Å². The van der Waals surface area contributed by atoms with Crippen molar-refractivity contribution in [3.05, 3.63) is 11.1 Å². The monoisotopic (exact) mass is 386 g/mol. The van der Waals surface area contributed by atoms with E-state index in [0.717, 1.165) is 16.7 Å². The third-order valence-corrected chi connectivity index (χ3v) is 7.37. The Bertz CT molecular complexity index is 642. The molecule has 2 atom stereocenters. The lowest BCUT2D eigenvalue weighted by molar-refractivity contribution is -0.140. The second-order valence-electron chi connectivity index (χ2n) is 5.95. The molecule has 0 radical (unpaired) electrons. The van der Waals surface area contributed by atoms with Gasteiger partial charge in [-0.15, -0.1) is 11.3 Å². The first kappa shape index (κ1) is 19.3. The number of anilines is 1. The van der Waals surface area contributed by atoms with Gasteiger partial charge < -0.3 is 0 Å². The summed E-state index contributed by atoms with van der Waals surface area (Å²) in [6, 6.07) is 0. The van der Waals surface area contributed by atoms with E-state index in [0.29, 0.717) is 13.0 Å². The minimum absolute atomic E-state index is 0.0868. The van der Waals surface area contributed by atoms with E-state index >= 15 is 0 Å². The van der Waals surface area contributed by atoms with Gasteiger partial charge in [-0.2, -0.15) is 17.5 Å². The number of amides is 1. The highest BCUT2D eigenvalue weighted by Crippen LogP contribution is 2.32. The largest absolute Gasteiger partial charge is 0.434 e. The molecule has 2 rings (SSSR count). The van der Waals surface area contributed by atoms with Gasteiger partial charge in [-0.1, -0.05) is 10.7 Å². The van der Waals surface area contributed by atoms with Gasteiger partial charge in [0.05, 0.1) is 11.9 Å². The van der Waals surface area contributed by atoms with Crippen LogP contribution in [0.3, 0.4) is 0 Å². The van der Waals surface area contributed by atoms with Gasteiger partial charge in [0.2, 0.25) is 0 Å². The van der Waals surface area contributed by atoms with Crippen LogP contribution in [0.5, 0.6) is 0 Å². The second-order valence-corrected chi connectivity index (χ2v) is 9.70. The van der Waals surface area contributed by atoms with Gasteiger partial charge in [-0.25, -0.2) is 9.37 Å². The quantitative estimate of drug-likeness (QED) is 0.375. The number of thiazole rings is 1. The summed E-state index contributed by atoms with van der Waals surface area (Å²) in [4.78, 5) is 16.0. The lowest BCUT2D eigenvalue weighted by Crippen LogP contribution is -2.48. The summed E-state index contributed by atoms with van der Waals surface area (Å²) in [7, 11) is -1.07. The molecule has 1 saturated heterocycles. The average Bonchev–Trinajstić information content (AvgIpc) is 3.08. The molecule has 2 unspecified atom stereocenters. The molecule has 0 aromatic carbocycles. The Hall–Kier alpha value is -1.00. The molecule has 10 heteroatoms. The van der Waals surface area contributed by atoms with E-state index in [1.54, 1.807) is 13.8 Å². The minimum atomic E-state index is -4.54. The number of carbonyl (C=O) groups is 1. The smallest absolute Gasteiger partial charge is 0.297 e. The van der Waals surface area contributed by atoms with Crippen molar-refractivity contribution in [2.75, 3.05) is 18.4 Å². The maximum atomic E-state index is 13.5. The average molecular weight is 386 g/mol. The van der Waals surface area contributed by atoms with Crippen molar-refractivity contribution < 1.29 is 22.4 Å². The summed E-state index contributed by atoms with van der Waals surface area (Å²) in [6.45, 7) is 6.11. The Morgan fingerprint density at radius 3 is 2.62 bits per heavy atom. The molecule has 0 saturated carbocycles. The van der Waals surface area contributed by atoms with E-state index in [1.165, 1.54) is 0 Å². The van der Waals surface area contributed by atoms with Crippen molar-refractivity contribution in [3.63, 3.8) is 0 Å². The van der Waals surface area contributed by atoms with Crippen LogP contribution in [0.15, 0.2) is 5.38 Å². The molecule has 136 valence electrons. The maximum absolute atomic E-state index is 13.5. The number of thiol groups is 1. The van der Waals surface area contributed by atoms with Gasteiger partial charge in [0.15, 0.2) is 15.6 Å². The van der Waals surface area contributed by atoms with Crippen LogP contribution in [0, 0.1) is 0 Å². The lowest BCUT2D eigenvalue weighted by atomic mass is 10.2. The number of rotatable bonds is 4. The van der Waals surface area contributed by atoms with E-state index in [2.05, 4.69) is 10.3 Å². The number of nitrogens with one attached hydrogen (secondary N) is 1. The third kappa shape index (κ3) is 4.15. The Balaban J connectivity index is 2.13. The Morgan fingerprint density at radius 1 is 1.50 bits per heavy atom. The normalized spacial score (nSPS) is 21.2. The van der Waals surface area contributed by atoms with Gasteiger partial charge in [-0.05, 0) is 27.2 Å². The van der Waals surface area contributed by atoms with E-state index in [4.69, 9.17) is 0 Å². The molecule has 1 amide bonds. The molecule has 1 aliphatic heterocycles. The van der Waals surface area contributed by atoms with Crippen molar-refractivity contribution in [1.82, 2.24) is 9.29 Å². The number of hydrogen-bond donors (Lipinski definition) is 1. The lowest BCUT2D eigenvalue weighted by Gasteiger charge is -2.27. The number of aromatic nitrogens is 1. The highest BCUT2D eigenvalue weighted by atomic mass is 32.2. The molecule has 24 heavy (non-hydrogen) atoms. The van der Waals surface area contributed by atoms with E-state index < -0.39 is 39.4 Å². The standard InChI is InChI=1S/C14H19F4N3OS2/c1-4-24(21-6-5-9(15)7-21)13(2,3)11(22)20-12-19-10(8-23-12)14(16,17)18/h4,8-9H,5-7H2,1-3H3,(H,19,20,22)/p+1. The highest BCUT2D eigenvalue weighted by Gasteiger charge is 2.43. The fourth-order valence-electron chi connectivity index (χ4n) is 2.55. The predicted octanol–water partition coefficient (Wildman–Crippen LogP) is 3.01. The van der Waals surface area contributed by atoms with Crippen LogP contribution in [0.25, 0.3) is 0 Å². The molecule has 0 aliphatic carbocycles. The van der Waals surface area contributed by atoms with Crippen LogP contribution < -0.4 is 5.32 Å². The zero-order chi connectivity index (χ0) is 18.1. The molecule has 1 aliphatic rings. The molecule has 1 N–H and O–H groups in total. The summed E-state index contributed by atoms with van der Waals surface area (Å²) < 4.78 is 52.3. The van der Waals surface area contributed by atoms with Crippen molar-refractivity contribution in [2.45, 2.75) is 44.3 Å². The van der Waals surface area contributed by atoms with Gasteiger partial charge in [0.1, 0.15) is 6.17 Å². The first-order valence-electron chi connectivity index (χ1n) is 7.37. The van der Waals surface area contributed by atoms with Crippen LogP contribution in [0.4, 0.5) is 22.7 Å². The highest BCUT2D eigenvalue weighted by molar-refractivity contribution is 7.95. The van der Waals surface area contributed by atoms with Crippen LogP contribution in [0.1, 0.15) is 32.9 Å². The Labute approximate surface area is 144 Å². The van der Waals surface area contributed by atoms with Gasteiger partial charge in [0.25, 0.3) is 5.91 Å². The van der Waals surface area contributed by atoms with E-state index in [1.807, 2.05) is 16.6 Å². The van der Waals surface area contributed by atoms with Gasteiger partial charge >= 0.3 is 6.18 Å². The summed E-state index contributed by atoms with van der Waals surface area (Å²) >= 11 is 0.733. The molecule has 0 bridgehead atoms. The summed E-state index contributed by atoms with van der Waals surface area (Å²) in [5.41, 5.74) is -1.02. The number of nitrogens with zero attached hydrogens (tertiary/aromatic N) is 2. The number of halogens is 4. The summed E-state index contributed by atoms with van der Waals surface area (Å²) in [6.07, 6.45) is -5.00. The molecule has 0 spiro atoms. The van der Waals surface area contributed by atoms with E-state index in [9.17, 15) is 22.4 Å². The first-order chi connectivity index (χ1) is 11.1. The molecular formula is C14H20F4N3OS2+. The minimum Gasteiger partial charge on any atom is -0.297 e. The van der Waals surface area contributed by atoms with E-state index in [-0.39, 0.29) is 11.7 Å². The molecule has 4 nitrogen and oxygen atoms in total. The maximum Gasteiger partial charge on any atom is 0.434 e. The van der Waals surface area contributed by atoms with Crippen LogP contribution in [-0.2, 0) is 21.6 Å². The van der Waals surface area contributed by atoms with Crippen molar-refractivity contribution in [2.24, 2.45) is 0 Å². The zero-order valence-corrected chi connectivity index (χ0v) is 15.2. The van der Waals surface area contributed by atoms with Crippen LogP contribution in [-0.4, -0.2) is 44.6 Å². The number of alkyl halides is 4. The molecular weight excluding hydrogens is 366 g/mol. The SMILES string of the molecule is CC=[SH+](N1CCC(F)C1)C(C)(C)C(=O)Nc1nc(C(F)(F)F)cs1. The topological polar surface area (TPSA) is 45.2 Å². The third-order valence-electron chi connectivity index (χ3n) is 3.80. The predicted molar refractivity (Wildman–Crippen MR) is 91.4 cm³/mol. The number of carbonyl (C=O) groups excluding carboxylic acids is 1. The van der Waals surface area contributed by atoms with Crippen LogP contribution in [0.2, 0.25) is 0 Å². The Morgan fingerprint density at radius 2 is 2.17 bits per heavy atom. The summed E-state index contributed by atoms with van der Waals surface area (Å²) in [5, 5.41) is 5.13. The summed E-state index contributed by atoms with van der Waals surface area (Å²) in [5.74, 6) is -0.419. The molecule has 1 aromatic heterocycles. The molecule has 2 heterocycles. The fourth-order valence-corrected chi connectivity index (χ4v) is 5.89. The van der Waals surface area contributed by atoms with Gasteiger partial charge in [-0.3, -0.25) is 10.1 Å². The molecule has 1 fully saturated rings. The fraction of sp³-hybridized carbons (Fsp3) is 0.643. The Kier molecular flexibility index (Phi) is 5.71. The number of hydrogen-bond acceptors (Lipinski definition) is 4. The van der Waals surface area contributed by atoms with Gasteiger partial charge in [0, 0.05) is 11.9 Å². The molecule has 1 aromatic rings.